The van der Waals surface area contributed by atoms with E-state index in [0.717, 1.165) is 0 Å². The largest absolute Gasteiger partial charge is 0.480 e. The van der Waals surface area contributed by atoms with Crippen molar-refractivity contribution in [2.75, 3.05) is 6.86 Å². The Kier molecular flexibility index (Phi) is 4.05. The first kappa shape index (κ1) is 11.5. The van der Waals surface area contributed by atoms with Crippen molar-refractivity contribution < 1.29 is 19.0 Å². The average Bonchev–Trinajstić information content (AvgIpc) is 2.21. The maximum absolute atomic E-state index is 12.0. The molecule has 0 aromatic heterocycles. The Morgan fingerprint density at radius 2 is 2.20 bits per heavy atom. The van der Waals surface area contributed by atoms with E-state index in [-0.39, 0.29) is 6.42 Å². The van der Waals surface area contributed by atoms with Gasteiger partial charge in [0.05, 0.1) is 0 Å². The second kappa shape index (κ2) is 5.31. The second-order valence-corrected chi connectivity index (χ2v) is 3.01. The molecule has 1 atom stereocenters. The van der Waals surface area contributed by atoms with E-state index in [1.807, 2.05) is 0 Å². The molecule has 0 aliphatic carbocycles. The number of nitrogens with two attached hydrogens (primary N) is 1. The van der Waals surface area contributed by atoms with E-state index in [0.29, 0.717) is 11.3 Å². The van der Waals surface area contributed by atoms with Gasteiger partial charge in [0, 0.05) is 6.42 Å². The fourth-order valence-corrected chi connectivity index (χ4v) is 1.20. The third-order valence-electron chi connectivity index (χ3n) is 1.94. The van der Waals surface area contributed by atoms with Crippen LogP contribution in [0.3, 0.4) is 0 Å². The smallest absolute Gasteiger partial charge is 0.320 e. The van der Waals surface area contributed by atoms with Crippen LogP contribution in [0, 0.1) is 0 Å². The van der Waals surface area contributed by atoms with Crippen molar-refractivity contribution in [2.45, 2.75) is 12.5 Å². The zero-order valence-corrected chi connectivity index (χ0v) is 8.02. The van der Waals surface area contributed by atoms with Gasteiger partial charge in [-0.2, -0.15) is 0 Å². The predicted octanol–water partition coefficient (Wildman–Crippen LogP) is 0.947. The molecule has 0 bridgehead atoms. The molecule has 1 aromatic rings. The molecular formula is C10H12FNO3. The van der Waals surface area contributed by atoms with Gasteiger partial charge in [0.2, 0.25) is 6.86 Å². The van der Waals surface area contributed by atoms with Crippen molar-refractivity contribution in [3.05, 3.63) is 29.8 Å². The highest BCUT2D eigenvalue weighted by Gasteiger charge is 2.14. The summed E-state index contributed by atoms with van der Waals surface area (Å²) in [6.07, 6.45) is 0.117. The first-order chi connectivity index (χ1) is 7.15. The van der Waals surface area contributed by atoms with Crippen molar-refractivity contribution in [2.24, 2.45) is 5.73 Å². The van der Waals surface area contributed by atoms with Crippen molar-refractivity contribution in [1.29, 1.82) is 0 Å². The van der Waals surface area contributed by atoms with Gasteiger partial charge in [-0.15, -0.1) is 0 Å². The number of aliphatic carboxylic acids is 1. The maximum Gasteiger partial charge on any atom is 0.320 e. The molecule has 3 N–H and O–H groups in total. The Balaban J connectivity index is 2.79. The van der Waals surface area contributed by atoms with Gasteiger partial charge in [-0.25, -0.2) is 4.39 Å². The third kappa shape index (κ3) is 3.21. The molecule has 0 amide bonds. The normalized spacial score (nSPS) is 12.1. The summed E-state index contributed by atoms with van der Waals surface area (Å²) in [5, 5.41) is 8.62. The number of ether oxygens (including phenoxy) is 1. The summed E-state index contributed by atoms with van der Waals surface area (Å²) in [5.41, 5.74) is 5.95. The van der Waals surface area contributed by atoms with Gasteiger partial charge in [0.1, 0.15) is 11.8 Å². The van der Waals surface area contributed by atoms with Crippen molar-refractivity contribution >= 4 is 5.97 Å². The molecular weight excluding hydrogens is 200 g/mol. The minimum atomic E-state index is -1.09. The average molecular weight is 212 g/mol. The first-order valence-electron chi connectivity index (χ1n) is 4.40. The van der Waals surface area contributed by atoms with Crippen LogP contribution < -0.4 is 10.5 Å². The van der Waals surface area contributed by atoms with E-state index < -0.39 is 18.9 Å². The molecule has 0 aliphatic rings. The lowest BCUT2D eigenvalue weighted by Gasteiger charge is -2.10. The molecule has 82 valence electrons. The van der Waals surface area contributed by atoms with E-state index in [2.05, 4.69) is 0 Å². The fourth-order valence-electron chi connectivity index (χ4n) is 1.20. The summed E-state index contributed by atoms with van der Waals surface area (Å²) in [7, 11) is 0. The van der Waals surface area contributed by atoms with Gasteiger partial charge >= 0.3 is 5.97 Å². The number of rotatable bonds is 5. The fraction of sp³-hybridized carbons (Fsp3) is 0.300. The number of benzene rings is 1. The van der Waals surface area contributed by atoms with Crippen molar-refractivity contribution in [1.82, 2.24) is 0 Å². The van der Waals surface area contributed by atoms with E-state index in [1.54, 1.807) is 24.3 Å². The SMILES string of the molecule is NC(Cc1ccccc1OC[18F])C(=O)O. The van der Waals surface area contributed by atoms with Gasteiger partial charge in [-0.3, -0.25) is 4.79 Å². The number of hydrogen-bond donors (Lipinski definition) is 2. The molecule has 0 radical (unpaired) electrons. The Morgan fingerprint density at radius 3 is 2.80 bits per heavy atom. The molecule has 0 spiro atoms. The number of para-hydroxylation sites is 1. The molecule has 0 fully saturated rings. The predicted molar refractivity (Wildman–Crippen MR) is 52.4 cm³/mol. The summed E-state index contributed by atoms with van der Waals surface area (Å²) < 4.78 is 16.7. The summed E-state index contributed by atoms with van der Waals surface area (Å²) >= 11 is 0. The van der Waals surface area contributed by atoms with Gasteiger partial charge in [0.25, 0.3) is 0 Å². The number of halogens is 1. The van der Waals surface area contributed by atoms with Crippen molar-refractivity contribution in [3.63, 3.8) is 0 Å². The van der Waals surface area contributed by atoms with E-state index in [1.165, 1.54) is 0 Å². The summed E-state index contributed by atoms with van der Waals surface area (Å²) in [6.45, 7) is -0.945. The molecule has 15 heavy (non-hydrogen) atoms. The first-order valence-corrected chi connectivity index (χ1v) is 4.40. The molecule has 1 unspecified atom stereocenters. The summed E-state index contributed by atoms with van der Waals surface area (Å²) in [4.78, 5) is 10.5. The summed E-state index contributed by atoms with van der Waals surface area (Å²) in [6, 6.07) is 5.63. The Hall–Kier alpha value is -1.62. The third-order valence-corrected chi connectivity index (χ3v) is 1.94. The van der Waals surface area contributed by atoms with E-state index >= 15 is 0 Å². The van der Waals surface area contributed by atoms with E-state index in [4.69, 9.17) is 15.6 Å². The zero-order chi connectivity index (χ0) is 11.3. The lowest BCUT2D eigenvalue weighted by atomic mass is 10.1. The quantitative estimate of drug-likeness (QED) is 0.762. The highest BCUT2D eigenvalue weighted by atomic mass is 18.2. The standard InChI is InChI=1S/C10H12FNO3/c11-6-15-9-4-2-1-3-7(9)5-8(12)10(13)14/h1-4,8H,5-6,12H2,(H,13,14)/i11-1. The summed E-state index contributed by atoms with van der Waals surface area (Å²) in [5.74, 6) is -0.762. The molecule has 0 aliphatic heterocycles. The number of carboxylic acid groups (broad SMARTS) is 1. The van der Waals surface area contributed by atoms with Crippen LogP contribution in [0.4, 0.5) is 4.39 Å². The van der Waals surface area contributed by atoms with Gasteiger partial charge in [-0.05, 0) is 11.6 Å². The van der Waals surface area contributed by atoms with Crippen LogP contribution in [0.2, 0.25) is 0 Å². The van der Waals surface area contributed by atoms with Crippen LogP contribution in [-0.2, 0) is 11.2 Å². The minimum Gasteiger partial charge on any atom is -0.480 e. The highest BCUT2D eigenvalue weighted by molar-refractivity contribution is 5.73. The Labute approximate surface area is 86.5 Å². The topological polar surface area (TPSA) is 72.5 Å². The maximum atomic E-state index is 12.0. The lowest BCUT2D eigenvalue weighted by Crippen LogP contribution is -2.32. The van der Waals surface area contributed by atoms with Gasteiger partial charge in [-0.1, -0.05) is 18.2 Å². The van der Waals surface area contributed by atoms with Crippen LogP contribution in [0.25, 0.3) is 0 Å². The number of carboxylic acids is 1. The van der Waals surface area contributed by atoms with Crippen molar-refractivity contribution in [3.8, 4) is 5.75 Å². The van der Waals surface area contributed by atoms with Crippen LogP contribution >= 0.6 is 0 Å². The van der Waals surface area contributed by atoms with Crippen LogP contribution in [-0.4, -0.2) is 24.0 Å². The van der Waals surface area contributed by atoms with E-state index in [9.17, 15) is 9.18 Å². The molecule has 1 aromatic carbocycles. The molecule has 4 nitrogen and oxygen atoms in total. The Bertz CT molecular complexity index is 343. The zero-order valence-electron chi connectivity index (χ0n) is 8.02. The molecule has 0 saturated carbocycles. The van der Waals surface area contributed by atoms with Gasteiger partial charge < -0.3 is 15.6 Å². The monoisotopic (exact) mass is 212 g/mol. The Morgan fingerprint density at radius 1 is 1.53 bits per heavy atom. The van der Waals surface area contributed by atoms with Crippen LogP contribution in [0.5, 0.6) is 5.75 Å². The lowest BCUT2D eigenvalue weighted by molar-refractivity contribution is -0.138. The molecule has 5 heteroatoms. The molecule has 0 heterocycles. The molecule has 0 saturated heterocycles. The minimum absolute atomic E-state index is 0.117. The number of hydrogen-bond acceptors (Lipinski definition) is 3. The number of carbonyl (C=O) groups is 1. The second-order valence-electron chi connectivity index (χ2n) is 3.01. The van der Waals surface area contributed by atoms with Crippen LogP contribution in [0.1, 0.15) is 5.56 Å². The molecule has 1 rings (SSSR count). The van der Waals surface area contributed by atoms with Gasteiger partial charge in [0.15, 0.2) is 0 Å². The van der Waals surface area contributed by atoms with Crippen LogP contribution in [0.15, 0.2) is 24.3 Å². The number of alkyl halides is 1. The highest BCUT2D eigenvalue weighted by Crippen LogP contribution is 2.19.